The van der Waals surface area contributed by atoms with Crippen LogP contribution in [0.2, 0.25) is 0 Å². The summed E-state index contributed by atoms with van der Waals surface area (Å²) in [5.41, 5.74) is 5.60. The molecule has 3 rings (SSSR count). The smallest absolute Gasteiger partial charge is 0.355 e. The van der Waals surface area contributed by atoms with Crippen molar-refractivity contribution in [3.8, 4) is 0 Å². The summed E-state index contributed by atoms with van der Waals surface area (Å²) in [6.45, 7) is 1.56. The van der Waals surface area contributed by atoms with Crippen molar-refractivity contribution in [2.45, 2.75) is 30.9 Å². The van der Waals surface area contributed by atoms with Gasteiger partial charge in [0.25, 0.3) is 11.8 Å². The van der Waals surface area contributed by atoms with E-state index >= 15 is 0 Å². The average molecular weight is 470 g/mol. The minimum Gasteiger partial charge on any atom is -0.479 e. The van der Waals surface area contributed by atoms with E-state index in [4.69, 9.17) is 20.4 Å². The summed E-state index contributed by atoms with van der Waals surface area (Å²) in [5, 5.41) is 16.5. The number of β-lactam (4-membered cyclic amide) rings is 1. The molecular formula is C17H19N5O7S2. The number of amides is 2. The molecule has 2 aliphatic heterocycles. The molecule has 2 amide bonds. The molecule has 3 unspecified atom stereocenters. The SMILES string of the molecule is CCC(OC(=O)C1=CCSC2C(NC(=O)/C(=N/OC)c3csc(N)n3)C(=O)N12)C(=O)O. The lowest BCUT2D eigenvalue weighted by Gasteiger charge is -2.48. The van der Waals surface area contributed by atoms with E-state index in [2.05, 4.69) is 15.5 Å². The number of ether oxygens (including phenoxy) is 1. The lowest BCUT2D eigenvalue weighted by Crippen LogP contribution is -2.70. The van der Waals surface area contributed by atoms with Crippen LogP contribution in [0.5, 0.6) is 0 Å². The van der Waals surface area contributed by atoms with Crippen LogP contribution in [0, 0.1) is 0 Å². The number of oxime groups is 1. The van der Waals surface area contributed by atoms with Crippen LogP contribution in [0.4, 0.5) is 5.13 Å². The number of carboxylic acids is 1. The fourth-order valence-corrected chi connectivity index (χ4v) is 4.67. The molecule has 0 aliphatic carbocycles. The number of anilines is 1. The van der Waals surface area contributed by atoms with Crippen LogP contribution in [-0.2, 0) is 28.8 Å². The van der Waals surface area contributed by atoms with Crippen LogP contribution in [0.15, 0.2) is 22.3 Å². The lowest BCUT2D eigenvalue weighted by atomic mass is 10.0. The molecule has 1 aromatic rings. The summed E-state index contributed by atoms with van der Waals surface area (Å²) in [6.07, 6.45) is 0.262. The Morgan fingerprint density at radius 2 is 2.23 bits per heavy atom. The van der Waals surface area contributed by atoms with Gasteiger partial charge in [0.1, 0.15) is 29.9 Å². The van der Waals surface area contributed by atoms with Gasteiger partial charge in [-0.1, -0.05) is 12.1 Å². The Hall–Kier alpha value is -3.13. The summed E-state index contributed by atoms with van der Waals surface area (Å²) in [6, 6.07) is -0.923. The number of carboxylic acid groups (broad SMARTS) is 1. The number of rotatable bonds is 8. The third kappa shape index (κ3) is 4.49. The standard InChI is InChI=1S/C17H19N5O7S2/c1-3-9(15(25)26)29-16(27)8-4-5-30-14-11(13(24)22(8)14)20-12(23)10(21-28-2)7-6-31-17(18)19-7/h4,6,9,11,14H,3,5H2,1-2H3,(H2,18,19)(H,20,23)(H,25,26)/b21-10+. The van der Waals surface area contributed by atoms with Gasteiger partial charge >= 0.3 is 11.9 Å². The van der Waals surface area contributed by atoms with Gasteiger partial charge < -0.3 is 25.7 Å². The first-order chi connectivity index (χ1) is 14.8. The predicted molar refractivity (Wildman–Crippen MR) is 111 cm³/mol. The molecule has 0 spiro atoms. The minimum absolute atomic E-state index is 0.0444. The highest BCUT2D eigenvalue weighted by Crippen LogP contribution is 2.38. The van der Waals surface area contributed by atoms with E-state index in [9.17, 15) is 19.2 Å². The molecule has 1 saturated heterocycles. The van der Waals surface area contributed by atoms with Gasteiger partial charge in [0.2, 0.25) is 0 Å². The van der Waals surface area contributed by atoms with Crippen molar-refractivity contribution < 1.29 is 33.9 Å². The zero-order chi connectivity index (χ0) is 22.7. The number of esters is 1. The van der Waals surface area contributed by atoms with E-state index in [1.807, 2.05) is 0 Å². The van der Waals surface area contributed by atoms with Crippen LogP contribution in [0.3, 0.4) is 0 Å². The number of carbonyl (C=O) groups is 4. The molecule has 31 heavy (non-hydrogen) atoms. The molecule has 166 valence electrons. The topological polar surface area (TPSA) is 174 Å². The van der Waals surface area contributed by atoms with Crippen molar-refractivity contribution in [1.82, 2.24) is 15.2 Å². The molecule has 1 aromatic heterocycles. The maximum atomic E-state index is 12.7. The number of aromatic nitrogens is 1. The Balaban J connectivity index is 1.70. The largest absolute Gasteiger partial charge is 0.479 e. The molecule has 0 aromatic carbocycles. The molecule has 3 atom stereocenters. The highest BCUT2D eigenvalue weighted by molar-refractivity contribution is 8.00. The van der Waals surface area contributed by atoms with Crippen molar-refractivity contribution in [2.75, 3.05) is 18.6 Å². The van der Waals surface area contributed by atoms with Gasteiger partial charge in [-0.2, -0.15) is 0 Å². The molecule has 1 fully saturated rings. The predicted octanol–water partition coefficient (Wildman–Crippen LogP) is -0.234. The normalized spacial score (nSPS) is 21.4. The molecule has 0 bridgehead atoms. The fourth-order valence-electron chi connectivity index (χ4n) is 2.93. The lowest BCUT2D eigenvalue weighted by molar-refractivity contribution is -0.164. The van der Waals surface area contributed by atoms with Crippen molar-refractivity contribution in [2.24, 2.45) is 5.16 Å². The second-order valence-electron chi connectivity index (χ2n) is 6.31. The number of thioether (sulfide) groups is 1. The molecule has 14 heteroatoms. The Kier molecular flexibility index (Phi) is 6.80. The second-order valence-corrected chi connectivity index (χ2v) is 8.35. The van der Waals surface area contributed by atoms with Crippen LogP contribution < -0.4 is 11.1 Å². The summed E-state index contributed by atoms with van der Waals surface area (Å²) >= 11 is 2.44. The zero-order valence-electron chi connectivity index (χ0n) is 16.4. The molecule has 0 saturated carbocycles. The van der Waals surface area contributed by atoms with Crippen LogP contribution >= 0.6 is 23.1 Å². The second kappa shape index (κ2) is 9.34. The quantitative estimate of drug-likeness (QED) is 0.200. The van der Waals surface area contributed by atoms with Gasteiger partial charge in [-0.15, -0.1) is 23.1 Å². The van der Waals surface area contributed by atoms with Crippen molar-refractivity contribution in [3.05, 3.63) is 22.8 Å². The zero-order valence-corrected chi connectivity index (χ0v) is 18.1. The number of nitrogen functional groups attached to an aromatic ring is 1. The number of nitrogens with zero attached hydrogens (tertiary/aromatic N) is 3. The molecule has 2 aliphatic rings. The minimum atomic E-state index is -1.31. The van der Waals surface area contributed by atoms with E-state index in [1.54, 1.807) is 6.92 Å². The number of aliphatic carboxylic acids is 1. The van der Waals surface area contributed by atoms with Crippen molar-refractivity contribution in [1.29, 1.82) is 0 Å². The first-order valence-corrected chi connectivity index (χ1v) is 10.9. The highest BCUT2D eigenvalue weighted by atomic mass is 32.2. The van der Waals surface area contributed by atoms with Gasteiger partial charge in [-0.05, 0) is 12.5 Å². The van der Waals surface area contributed by atoms with E-state index in [0.29, 0.717) is 5.75 Å². The number of nitrogens with one attached hydrogen (secondary N) is 1. The molecule has 12 nitrogen and oxygen atoms in total. The molecule has 4 N–H and O–H groups in total. The third-order valence-electron chi connectivity index (χ3n) is 4.40. The van der Waals surface area contributed by atoms with Crippen LogP contribution in [-0.4, -0.2) is 74.8 Å². The van der Waals surface area contributed by atoms with Crippen molar-refractivity contribution >= 4 is 57.7 Å². The number of hydrogen-bond donors (Lipinski definition) is 3. The fraction of sp³-hybridized carbons (Fsp3) is 0.412. The van der Waals surface area contributed by atoms with Crippen LogP contribution in [0.25, 0.3) is 0 Å². The number of nitrogens with two attached hydrogens (primary N) is 1. The molecular weight excluding hydrogens is 450 g/mol. The van der Waals surface area contributed by atoms with E-state index in [-0.39, 0.29) is 28.7 Å². The van der Waals surface area contributed by atoms with E-state index in [1.165, 1.54) is 35.2 Å². The number of hydrogen-bond acceptors (Lipinski definition) is 11. The first-order valence-electron chi connectivity index (χ1n) is 9.00. The maximum absolute atomic E-state index is 12.7. The average Bonchev–Trinajstić information content (AvgIpc) is 3.18. The Labute approximate surface area is 184 Å². The van der Waals surface area contributed by atoms with E-state index in [0.717, 1.165) is 11.3 Å². The van der Waals surface area contributed by atoms with Gasteiger partial charge in [0, 0.05) is 11.1 Å². The number of thiazole rings is 1. The van der Waals surface area contributed by atoms with Crippen LogP contribution in [0.1, 0.15) is 19.0 Å². The molecule has 3 heterocycles. The Morgan fingerprint density at radius 1 is 1.48 bits per heavy atom. The third-order valence-corrected chi connectivity index (χ3v) is 6.26. The van der Waals surface area contributed by atoms with Gasteiger partial charge in [-0.3, -0.25) is 14.5 Å². The summed E-state index contributed by atoms with van der Waals surface area (Å²) in [5.74, 6) is -3.03. The Bertz CT molecular complexity index is 976. The maximum Gasteiger partial charge on any atom is 0.355 e. The van der Waals surface area contributed by atoms with Crippen molar-refractivity contribution in [3.63, 3.8) is 0 Å². The summed E-state index contributed by atoms with van der Waals surface area (Å²) in [7, 11) is 1.26. The molecule has 0 radical (unpaired) electrons. The van der Waals surface area contributed by atoms with Gasteiger partial charge in [-0.25, -0.2) is 14.6 Å². The number of fused-ring (bicyclic) bond motifs is 1. The Morgan fingerprint density at radius 3 is 2.81 bits per heavy atom. The van der Waals surface area contributed by atoms with E-state index < -0.39 is 41.3 Å². The van der Waals surface area contributed by atoms with Gasteiger partial charge in [0.15, 0.2) is 16.9 Å². The summed E-state index contributed by atoms with van der Waals surface area (Å²) < 4.78 is 5.00. The first kappa shape index (κ1) is 22.6. The van der Waals surface area contributed by atoms with Gasteiger partial charge in [0.05, 0.1) is 0 Å². The monoisotopic (exact) mass is 469 g/mol. The summed E-state index contributed by atoms with van der Waals surface area (Å²) in [4.78, 5) is 58.8. The highest BCUT2D eigenvalue weighted by Gasteiger charge is 2.53. The number of carbonyl (C=O) groups excluding carboxylic acids is 3.